The second kappa shape index (κ2) is 12.4. The van der Waals surface area contributed by atoms with Crippen LogP contribution in [-0.4, -0.2) is 77.6 Å². The van der Waals surface area contributed by atoms with Gasteiger partial charge in [0.05, 0.1) is 17.6 Å². The van der Waals surface area contributed by atoms with E-state index in [1.54, 1.807) is 28.7 Å². The molecule has 11 heteroatoms. The van der Waals surface area contributed by atoms with E-state index in [9.17, 15) is 9.59 Å². The first-order chi connectivity index (χ1) is 19.4. The van der Waals surface area contributed by atoms with Crippen LogP contribution < -0.4 is 20.1 Å². The van der Waals surface area contributed by atoms with Gasteiger partial charge in [0.15, 0.2) is 0 Å². The second-order valence-electron chi connectivity index (χ2n) is 9.59. The van der Waals surface area contributed by atoms with Crippen LogP contribution in [0.2, 0.25) is 0 Å². The van der Waals surface area contributed by atoms with Gasteiger partial charge < -0.3 is 19.3 Å². The Morgan fingerprint density at radius 3 is 2.50 bits per heavy atom. The molecule has 0 bridgehead atoms. The highest BCUT2D eigenvalue weighted by molar-refractivity contribution is 8.26. The van der Waals surface area contributed by atoms with Crippen LogP contribution in [0.25, 0.3) is 11.7 Å². The van der Waals surface area contributed by atoms with Gasteiger partial charge in [-0.25, -0.2) is 4.98 Å². The number of pyridine rings is 1. The molecule has 5 rings (SSSR count). The van der Waals surface area contributed by atoms with E-state index in [1.165, 1.54) is 11.8 Å². The first-order valence-corrected chi connectivity index (χ1v) is 14.6. The highest BCUT2D eigenvalue weighted by Crippen LogP contribution is 2.34. The highest BCUT2D eigenvalue weighted by Gasteiger charge is 2.33. The summed E-state index contributed by atoms with van der Waals surface area (Å²) in [6, 6.07) is 11.8. The number of thiocarbonyl (C=S) groups is 1. The Morgan fingerprint density at radius 1 is 1.07 bits per heavy atom. The van der Waals surface area contributed by atoms with Crippen LogP contribution in [0.5, 0.6) is 5.75 Å². The van der Waals surface area contributed by atoms with Gasteiger partial charge in [0, 0.05) is 57.8 Å². The lowest BCUT2D eigenvalue weighted by atomic mass is 10.2. The summed E-state index contributed by atoms with van der Waals surface area (Å²) in [6.45, 7) is 8.46. The summed E-state index contributed by atoms with van der Waals surface area (Å²) in [5.74, 6) is 1.23. The SMILES string of the molecule is CCOCCCN1C(=O)C(=Cc2c(N3CCN(c4ccc(OC)cc4)CC3)nc3c(C)cccn3c2=O)SC1=S. The number of carbonyl (C=O) groups is 1. The number of carbonyl (C=O) groups excluding carboxylic acids is 1. The van der Waals surface area contributed by atoms with Gasteiger partial charge in [-0.1, -0.05) is 30.0 Å². The maximum absolute atomic E-state index is 13.8. The van der Waals surface area contributed by atoms with Crippen molar-refractivity contribution in [3.8, 4) is 5.75 Å². The van der Waals surface area contributed by atoms with E-state index in [0.717, 1.165) is 30.1 Å². The molecule has 2 fully saturated rings. The summed E-state index contributed by atoms with van der Waals surface area (Å²) >= 11 is 6.74. The predicted octanol–water partition coefficient (Wildman–Crippen LogP) is 3.97. The third-order valence-electron chi connectivity index (χ3n) is 7.10. The second-order valence-corrected chi connectivity index (χ2v) is 11.3. The number of fused-ring (bicyclic) bond motifs is 1. The molecular weight excluding hydrogens is 546 g/mol. The number of rotatable bonds is 9. The van der Waals surface area contributed by atoms with E-state index in [1.807, 2.05) is 38.1 Å². The number of anilines is 2. The minimum atomic E-state index is -0.206. The molecule has 0 N–H and O–H groups in total. The quantitative estimate of drug-likeness (QED) is 0.213. The molecule has 0 spiro atoms. The lowest BCUT2D eigenvalue weighted by Crippen LogP contribution is -2.47. The first-order valence-electron chi connectivity index (χ1n) is 13.4. The molecule has 1 amide bonds. The normalized spacial score (nSPS) is 17.0. The van der Waals surface area contributed by atoms with Gasteiger partial charge in [0.1, 0.15) is 21.5 Å². The van der Waals surface area contributed by atoms with Crippen molar-refractivity contribution in [2.45, 2.75) is 20.3 Å². The van der Waals surface area contributed by atoms with E-state index in [0.29, 0.717) is 65.5 Å². The van der Waals surface area contributed by atoms with Crippen LogP contribution in [0.15, 0.2) is 52.3 Å². The van der Waals surface area contributed by atoms with Crippen molar-refractivity contribution in [2.24, 2.45) is 0 Å². The number of thioether (sulfide) groups is 1. The van der Waals surface area contributed by atoms with Crippen LogP contribution in [0.3, 0.4) is 0 Å². The van der Waals surface area contributed by atoms with Crippen molar-refractivity contribution in [3.05, 3.63) is 69.0 Å². The molecule has 2 aliphatic heterocycles. The molecule has 0 unspecified atom stereocenters. The number of methoxy groups -OCH3 is 1. The van der Waals surface area contributed by atoms with Crippen molar-refractivity contribution in [1.29, 1.82) is 0 Å². The van der Waals surface area contributed by atoms with E-state index in [2.05, 4.69) is 21.9 Å². The van der Waals surface area contributed by atoms with E-state index < -0.39 is 0 Å². The largest absolute Gasteiger partial charge is 0.497 e. The third kappa shape index (κ3) is 5.72. The monoisotopic (exact) mass is 579 g/mol. The van der Waals surface area contributed by atoms with Crippen LogP contribution in [-0.2, 0) is 9.53 Å². The Kier molecular flexibility index (Phi) is 8.72. The standard InChI is InChI=1S/C29H33N5O4S2/c1-4-38-18-6-13-34-28(36)24(40-29(34)39)19-23-26(30-25-20(2)7-5-12-33(25)27(23)35)32-16-14-31(15-17-32)21-8-10-22(37-3)11-9-21/h5,7-12,19H,4,6,13-18H2,1-3H3. The number of ether oxygens (including phenoxy) is 2. The molecule has 2 saturated heterocycles. The molecule has 40 heavy (non-hydrogen) atoms. The fourth-order valence-electron chi connectivity index (χ4n) is 4.93. The van der Waals surface area contributed by atoms with Gasteiger partial charge in [-0.3, -0.25) is 18.9 Å². The molecule has 1 aromatic carbocycles. The molecule has 0 atom stereocenters. The number of amides is 1. The zero-order valence-electron chi connectivity index (χ0n) is 23.0. The van der Waals surface area contributed by atoms with Crippen LogP contribution in [0.1, 0.15) is 24.5 Å². The molecule has 3 aromatic rings. The summed E-state index contributed by atoms with van der Waals surface area (Å²) in [6.07, 6.45) is 4.09. The van der Waals surface area contributed by atoms with Gasteiger partial charge in [0.25, 0.3) is 11.5 Å². The Bertz CT molecular complexity index is 1500. The topological polar surface area (TPSA) is 79.6 Å². The summed E-state index contributed by atoms with van der Waals surface area (Å²) < 4.78 is 12.8. The lowest BCUT2D eigenvalue weighted by Gasteiger charge is -2.37. The maximum Gasteiger partial charge on any atom is 0.267 e. The Labute approximate surface area is 243 Å². The average Bonchev–Trinajstić information content (AvgIpc) is 3.24. The number of hydrogen-bond donors (Lipinski definition) is 0. The van der Waals surface area contributed by atoms with Gasteiger partial charge in [-0.2, -0.15) is 0 Å². The van der Waals surface area contributed by atoms with Crippen molar-refractivity contribution in [1.82, 2.24) is 14.3 Å². The molecule has 9 nitrogen and oxygen atoms in total. The third-order valence-corrected chi connectivity index (χ3v) is 8.48. The van der Waals surface area contributed by atoms with Crippen molar-refractivity contribution < 1.29 is 14.3 Å². The van der Waals surface area contributed by atoms with Crippen LogP contribution >= 0.6 is 24.0 Å². The zero-order valence-corrected chi connectivity index (χ0v) is 24.6. The molecule has 210 valence electrons. The van der Waals surface area contributed by atoms with Gasteiger partial charge in [0.2, 0.25) is 0 Å². The van der Waals surface area contributed by atoms with E-state index >= 15 is 0 Å². The molecular formula is C29H33N5O4S2. The highest BCUT2D eigenvalue weighted by atomic mass is 32.2. The molecule has 4 heterocycles. The van der Waals surface area contributed by atoms with Crippen LogP contribution in [0.4, 0.5) is 11.5 Å². The van der Waals surface area contributed by atoms with E-state index in [4.69, 9.17) is 26.7 Å². The van der Waals surface area contributed by atoms with Gasteiger partial charge in [-0.05, 0) is 62.2 Å². The van der Waals surface area contributed by atoms with E-state index in [-0.39, 0.29) is 11.5 Å². The summed E-state index contributed by atoms with van der Waals surface area (Å²) in [5.41, 5.74) is 2.83. The minimum absolute atomic E-state index is 0.185. The number of piperazine rings is 1. The smallest absolute Gasteiger partial charge is 0.267 e. The van der Waals surface area contributed by atoms with Crippen molar-refractivity contribution >= 4 is 57.4 Å². The number of aromatic nitrogens is 2. The zero-order chi connectivity index (χ0) is 28.2. The number of benzene rings is 1. The fraction of sp³-hybridized carbons (Fsp3) is 0.379. The average molecular weight is 580 g/mol. The summed E-state index contributed by atoms with van der Waals surface area (Å²) in [4.78, 5) is 38.6. The number of hydrogen-bond acceptors (Lipinski definition) is 9. The lowest BCUT2D eigenvalue weighted by molar-refractivity contribution is -0.122. The minimum Gasteiger partial charge on any atom is -0.497 e. The Morgan fingerprint density at radius 2 is 1.80 bits per heavy atom. The fourth-order valence-corrected chi connectivity index (χ4v) is 6.22. The molecule has 0 radical (unpaired) electrons. The molecule has 2 aromatic heterocycles. The van der Waals surface area contributed by atoms with Crippen LogP contribution in [0, 0.1) is 6.92 Å². The first kappa shape index (κ1) is 28.1. The Balaban J connectivity index is 1.45. The molecule has 2 aliphatic rings. The van der Waals surface area contributed by atoms with Crippen molar-refractivity contribution in [3.63, 3.8) is 0 Å². The summed E-state index contributed by atoms with van der Waals surface area (Å²) in [5, 5.41) is 0. The Hall–Kier alpha value is -3.41. The number of nitrogens with zero attached hydrogens (tertiary/aromatic N) is 5. The predicted molar refractivity (Wildman–Crippen MR) is 165 cm³/mol. The summed E-state index contributed by atoms with van der Waals surface area (Å²) in [7, 11) is 1.66. The van der Waals surface area contributed by atoms with Gasteiger partial charge >= 0.3 is 0 Å². The van der Waals surface area contributed by atoms with Gasteiger partial charge in [-0.15, -0.1) is 0 Å². The maximum atomic E-state index is 13.8. The van der Waals surface area contributed by atoms with Crippen molar-refractivity contribution in [2.75, 3.05) is 62.8 Å². The number of aryl methyl sites for hydroxylation is 1. The molecule has 0 aliphatic carbocycles. The molecule has 0 saturated carbocycles.